The average molecular weight is 603 g/mol. The number of aryl methyl sites for hydroxylation is 1. The number of aromatic carboxylic acids is 1. The van der Waals surface area contributed by atoms with Gasteiger partial charge < -0.3 is 19.8 Å². The minimum atomic E-state index is -3.53. The first-order chi connectivity index (χ1) is 19.4. The molecule has 1 spiro atoms. The Morgan fingerprint density at radius 3 is 2.78 bits per heavy atom. The van der Waals surface area contributed by atoms with E-state index in [0.717, 1.165) is 42.8 Å². The number of carboxylic acids is 1. The molecule has 1 aliphatic heterocycles. The van der Waals surface area contributed by atoms with Gasteiger partial charge in [0.1, 0.15) is 5.75 Å². The number of rotatable bonds is 9. The second kappa shape index (κ2) is 12.0. The maximum atomic E-state index is 11.9. The molecule has 0 saturated heterocycles. The van der Waals surface area contributed by atoms with Crippen LogP contribution in [0.25, 0.3) is 0 Å². The van der Waals surface area contributed by atoms with Crippen LogP contribution in [0.5, 0.6) is 5.75 Å². The number of aliphatic hydroxyl groups excluding tert-OH is 1. The lowest BCUT2D eigenvalue weighted by Crippen LogP contribution is -2.49. The van der Waals surface area contributed by atoms with E-state index >= 15 is 0 Å². The Balaban J connectivity index is 1.38. The fourth-order valence-corrected chi connectivity index (χ4v) is 7.98. The maximum Gasteiger partial charge on any atom is 0.335 e. The Hall–Kier alpha value is -2.59. The molecule has 3 aliphatic rings. The topological polar surface area (TPSA) is 130 Å². The third kappa shape index (κ3) is 6.74. The zero-order valence-electron chi connectivity index (χ0n) is 23.3. The van der Waals surface area contributed by atoms with E-state index in [1.807, 2.05) is 19.1 Å². The lowest BCUT2D eigenvalue weighted by Gasteiger charge is -2.45. The largest absolute Gasteiger partial charge is 0.490 e. The summed E-state index contributed by atoms with van der Waals surface area (Å²) in [6.07, 6.45) is 8.29. The van der Waals surface area contributed by atoms with Gasteiger partial charge >= 0.3 is 5.97 Å². The second-order valence-electron chi connectivity index (χ2n) is 12.2. The van der Waals surface area contributed by atoms with Gasteiger partial charge in [-0.05, 0) is 97.7 Å². The molecular formula is C31H39ClN2O6S. The van der Waals surface area contributed by atoms with Gasteiger partial charge in [-0.15, -0.1) is 0 Å². The number of sulfonamides is 1. The van der Waals surface area contributed by atoms with Crippen molar-refractivity contribution in [3.63, 3.8) is 0 Å². The molecule has 4 N–H and O–H groups in total. The van der Waals surface area contributed by atoms with E-state index in [2.05, 4.69) is 17.0 Å². The van der Waals surface area contributed by atoms with Gasteiger partial charge in [-0.3, -0.25) is 0 Å². The smallest absolute Gasteiger partial charge is 0.335 e. The number of benzene rings is 2. The zero-order chi connectivity index (χ0) is 29.4. The molecule has 2 aliphatic carbocycles. The molecule has 0 radical (unpaired) electrons. The van der Waals surface area contributed by atoms with E-state index in [4.69, 9.17) is 21.5 Å². The maximum absolute atomic E-state index is 11.9. The van der Waals surface area contributed by atoms with Gasteiger partial charge in [0.25, 0.3) is 0 Å². The van der Waals surface area contributed by atoms with Crippen molar-refractivity contribution in [2.75, 3.05) is 30.3 Å². The molecule has 2 aromatic carbocycles. The van der Waals surface area contributed by atoms with E-state index in [9.17, 15) is 23.4 Å². The molecule has 41 heavy (non-hydrogen) atoms. The molecule has 8 nitrogen and oxygen atoms in total. The van der Waals surface area contributed by atoms with Crippen LogP contribution in [0.1, 0.15) is 60.5 Å². The van der Waals surface area contributed by atoms with Crippen LogP contribution in [0.15, 0.2) is 48.6 Å². The van der Waals surface area contributed by atoms with Crippen LogP contribution >= 0.6 is 11.6 Å². The zero-order valence-corrected chi connectivity index (χ0v) is 24.9. The molecule has 1 saturated carbocycles. The van der Waals surface area contributed by atoms with Gasteiger partial charge in [0.05, 0.1) is 29.7 Å². The van der Waals surface area contributed by atoms with Crippen molar-refractivity contribution in [2.45, 2.75) is 57.0 Å². The van der Waals surface area contributed by atoms with Crippen molar-refractivity contribution in [2.24, 2.45) is 22.9 Å². The van der Waals surface area contributed by atoms with Crippen LogP contribution in [0, 0.1) is 17.8 Å². The molecule has 0 bridgehead atoms. The minimum absolute atomic E-state index is 0.0588. The van der Waals surface area contributed by atoms with Gasteiger partial charge in [-0.2, -0.15) is 0 Å². The van der Waals surface area contributed by atoms with Crippen LogP contribution in [-0.4, -0.2) is 56.2 Å². The second-order valence-corrected chi connectivity index (χ2v) is 14.3. The number of fused-ring (bicyclic) bond motifs is 3. The van der Waals surface area contributed by atoms with Crippen molar-refractivity contribution < 1.29 is 28.2 Å². The SMILES string of the molecule is C[C@H](C/C=C/[C@H](O)[C@@H]1CC[C@H]1CN1C[C@@]2(CCCc3cc(Cl)ccc32)COc2ccc(C(=O)O)cc21)CS(N)(=O)=O. The van der Waals surface area contributed by atoms with Crippen LogP contribution < -0.4 is 14.8 Å². The molecule has 0 unspecified atom stereocenters. The first-order valence-electron chi connectivity index (χ1n) is 14.3. The van der Waals surface area contributed by atoms with Crippen LogP contribution in [-0.2, 0) is 21.9 Å². The summed E-state index contributed by atoms with van der Waals surface area (Å²) >= 11 is 6.35. The molecule has 222 valence electrons. The average Bonchev–Trinajstić information content (AvgIpc) is 3.02. The lowest BCUT2D eigenvalue weighted by atomic mass is 9.68. The van der Waals surface area contributed by atoms with E-state index in [1.165, 1.54) is 11.1 Å². The Morgan fingerprint density at radius 2 is 2.07 bits per heavy atom. The summed E-state index contributed by atoms with van der Waals surface area (Å²) in [5, 5.41) is 26.6. The molecular weight excluding hydrogens is 564 g/mol. The molecule has 10 heteroatoms. The van der Waals surface area contributed by atoms with Gasteiger partial charge in [-0.1, -0.05) is 36.7 Å². The summed E-state index contributed by atoms with van der Waals surface area (Å²) in [5.74, 6) is -0.265. The van der Waals surface area contributed by atoms with Crippen molar-refractivity contribution in [3.05, 3.63) is 70.3 Å². The highest BCUT2D eigenvalue weighted by Gasteiger charge is 2.44. The molecule has 0 aromatic heterocycles. The van der Waals surface area contributed by atoms with E-state index in [0.29, 0.717) is 31.9 Å². The van der Waals surface area contributed by atoms with E-state index in [-0.39, 0.29) is 34.5 Å². The predicted octanol–water partition coefficient (Wildman–Crippen LogP) is 4.77. The molecule has 1 heterocycles. The molecule has 5 rings (SSSR count). The number of halogens is 1. The summed E-state index contributed by atoms with van der Waals surface area (Å²) in [4.78, 5) is 14.2. The van der Waals surface area contributed by atoms with Gasteiger partial charge in [0, 0.05) is 23.5 Å². The van der Waals surface area contributed by atoms with Crippen LogP contribution in [0.3, 0.4) is 0 Å². The highest BCUT2D eigenvalue weighted by molar-refractivity contribution is 7.89. The summed E-state index contributed by atoms with van der Waals surface area (Å²) in [7, 11) is -3.53. The normalized spacial score (nSPS) is 25.5. The predicted molar refractivity (Wildman–Crippen MR) is 160 cm³/mol. The number of anilines is 1. The third-order valence-electron chi connectivity index (χ3n) is 9.04. The van der Waals surface area contributed by atoms with Crippen molar-refractivity contribution in [1.82, 2.24) is 0 Å². The highest BCUT2D eigenvalue weighted by atomic mass is 35.5. The Kier molecular flexibility index (Phi) is 8.71. The standard InChI is InChI=1S/C31H39ClN2O6S/c1-20(17-41(33,38)39)4-2-6-28(35)25-10-7-23(25)16-34-18-31(13-3-5-21-14-24(32)9-11-26(21)31)19-40-29-12-8-22(30(36)37)15-27(29)34/h2,6,8-9,11-12,14-15,20,23,25,28,35H,3-5,7,10,13,16-19H2,1H3,(H,36,37)(H2,33,38,39)/b6-2+/t20-,23+,25-,28+,31+/m1/s1. The van der Waals surface area contributed by atoms with Crippen molar-refractivity contribution in [3.8, 4) is 5.75 Å². The lowest BCUT2D eigenvalue weighted by molar-refractivity contribution is 0.0456. The summed E-state index contributed by atoms with van der Waals surface area (Å²) in [6, 6.07) is 11.2. The fraction of sp³-hybridized carbons (Fsp3) is 0.516. The third-order valence-corrected chi connectivity index (χ3v) is 10.3. The fourth-order valence-electron chi connectivity index (χ4n) is 6.86. The van der Waals surface area contributed by atoms with Gasteiger partial charge in [0.15, 0.2) is 0 Å². The number of carbonyl (C=O) groups is 1. The van der Waals surface area contributed by atoms with Crippen LogP contribution in [0.2, 0.25) is 5.02 Å². The number of hydrogen-bond donors (Lipinski definition) is 3. The summed E-state index contributed by atoms with van der Waals surface area (Å²) in [5.41, 5.74) is 3.20. The number of primary sulfonamides is 1. The summed E-state index contributed by atoms with van der Waals surface area (Å²) < 4.78 is 29.1. The number of carboxylic acid groups (broad SMARTS) is 1. The van der Waals surface area contributed by atoms with Gasteiger partial charge in [0.2, 0.25) is 10.0 Å². The monoisotopic (exact) mass is 602 g/mol. The van der Waals surface area contributed by atoms with E-state index < -0.39 is 22.1 Å². The number of allylic oxidation sites excluding steroid dienone is 1. The molecule has 1 fully saturated rings. The van der Waals surface area contributed by atoms with Crippen molar-refractivity contribution >= 4 is 33.3 Å². The highest BCUT2D eigenvalue weighted by Crippen LogP contribution is 2.46. The molecule has 5 atom stereocenters. The number of nitrogens with zero attached hydrogens (tertiary/aromatic N) is 1. The number of ether oxygens (including phenoxy) is 1. The quantitative estimate of drug-likeness (QED) is 0.353. The number of nitrogens with two attached hydrogens (primary N) is 1. The van der Waals surface area contributed by atoms with Crippen LogP contribution in [0.4, 0.5) is 5.69 Å². The molecule has 0 amide bonds. The Morgan fingerprint density at radius 1 is 1.27 bits per heavy atom. The van der Waals surface area contributed by atoms with E-state index in [1.54, 1.807) is 24.3 Å². The number of aliphatic hydroxyl groups is 1. The first-order valence-corrected chi connectivity index (χ1v) is 16.4. The number of hydrogen-bond acceptors (Lipinski definition) is 6. The minimum Gasteiger partial charge on any atom is -0.490 e. The van der Waals surface area contributed by atoms with Crippen molar-refractivity contribution in [1.29, 1.82) is 0 Å². The Labute approximate surface area is 247 Å². The summed E-state index contributed by atoms with van der Waals surface area (Å²) in [6.45, 7) is 3.66. The molecule has 2 aromatic rings. The van der Waals surface area contributed by atoms with Gasteiger partial charge in [-0.25, -0.2) is 18.4 Å². The Bertz CT molecular complexity index is 1430. The first kappa shape index (κ1) is 29.9.